The first-order chi connectivity index (χ1) is 8.42. The summed E-state index contributed by atoms with van der Waals surface area (Å²) in [5.74, 6) is 1.80. The second-order valence-electron chi connectivity index (χ2n) is 6.52. The molecule has 4 nitrogen and oxygen atoms in total. The summed E-state index contributed by atoms with van der Waals surface area (Å²) in [4.78, 5) is 2.44. The van der Waals surface area contributed by atoms with Crippen molar-refractivity contribution in [1.29, 1.82) is 0 Å². The molecule has 0 aliphatic carbocycles. The molecule has 0 radical (unpaired) electrons. The molecule has 1 aliphatic heterocycles. The second-order valence-corrected chi connectivity index (χ2v) is 6.52. The van der Waals surface area contributed by atoms with Crippen LogP contribution < -0.4 is 5.32 Å². The van der Waals surface area contributed by atoms with Gasteiger partial charge in [0, 0.05) is 24.7 Å². The predicted octanol–water partition coefficient (Wildman–Crippen LogP) is 2.40. The van der Waals surface area contributed by atoms with Crippen LogP contribution in [-0.2, 0) is 13.1 Å². The molecule has 1 aromatic rings. The van der Waals surface area contributed by atoms with Gasteiger partial charge in [0.25, 0.3) is 0 Å². The van der Waals surface area contributed by atoms with Crippen molar-refractivity contribution in [3.63, 3.8) is 0 Å². The quantitative estimate of drug-likeness (QED) is 0.892. The van der Waals surface area contributed by atoms with Gasteiger partial charge in [0.1, 0.15) is 0 Å². The summed E-state index contributed by atoms with van der Waals surface area (Å²) in [7, 11) is 0. The summed E-state index contributed by atoms with van der Waals surface area (Å²) in [5.41, 5.74) is 1.11. The lowest BCUT2D eigenvalue weighted by atomic mass is 10.1. The standard InChI is InChI=1S/C14H25N3O/c1-11-5-6-17(9-11)10-13-7-12(16-18-13)8-15-14(2,3)4/h7,11,15H,5-6,8-10H2,1-4H3. The van der Waals surface area contributed by atoms with Gasteiger partial charge in [-0.3, -0.25) is 4.90 Å². The summed E-state index contributed by atoms with van der Waals surface area (Å²) in [6.45, 7) is 12.8. The minimum Gasteiger partial charge on any atom is -0.360 e. The Morgan fingerprint density at radius 2 is 2.28 bits per heavy atom. The molecule has 2 rings (SSSR count). The molecule has 1 fully saturated rings. The SMILES string of the molecule is CC1CCN(Cc2cc(CNC(C)(C)C)no2)C1. The van der Waals surface area contributed by atoms with E-state index in [0.717, 1.165) is 30.5 Å². The molecule has 0 bridgehead atoms. The van der Waals surface area contributed by atoms with Gasteiger partial charge in [-0.2, -0.15) is 0 Å². The number of hydrogen-bond donors (Lipinski definition) is 1. The molecule has 2 heterocycles. The van der Waals surface area contributed by atoms with Crippen molar-refractivity contribution < 1.29 is 4.52 Å². The molecule has 1 saturated heterocycles. The lowest BCUT2D eigenvalue weighted by Crippen LogP contribution is -2.35. The highest BCUT2D eigenvalue weighted by Crippen LogP contribution is 2.18. The zero-order chi connectivity index (χ0) is 13.2. The number of hydrogen-bond acceptors (Lipinski definition) is 4. The summed E-state index contributed by atoms with van der Waals surface area (Å²) in [6, 6.07) is 2.07. The maximum atomic E-state index is 5.40. The van der Waals surface area contributed by atoms with Crippen LogP contribution in [0, 0.1) is 5.92 Å². The van der Waals surface area contributed by atoms with Gasteiger partial charge in [-0.05, 0) is 39.7 Å². The molecule has 1 atom stereocenters. The summed E-state index contributed by atoms with van der Waals surface area (Å²) in [5, 5.41) is 7.53. The summed E-state index contributed by atoms with van der Waals surface area (Å²) < 4.78 is 5.40. The molecule has 1 aromatic heterocycles. The van der Waals surface area contributed by atoms with Crippen LogP contribution in [0.3, 0.4) is 0 Å². The number of nitrogens with zero attached hydrogens (tertiary/aromatic N) is 2. The van der Waals surface area contributed by atoms with Crippen LogP contribution in [0.4, 0.5) is 0 Å². The number of likely N-dealkylation sites (tertiary alicyclic amines) is 1. The van der Waals surface area contributed by atoms with Gasteiger partial charge >= 0.3 is 0 Å². The molecule has 0 aromatic carbocycles. The third kappa shape index (κ3) is 4.10. The van der Waals surface area contributed by atoms with Crippen LogP contribution in [0.25, 0.3) is 0 Å². The topological polar surface area (TPSA) is 41.3 Å². The van der Waals surface area contributed by atoms with Crippen LogP contribution in [0.5, 0.6) is 0 Å². The molecule has 0 spiro atoms. The van der Waals surface area contributed by atoms with Crippen molar-refractivity contribution in [2.45, 2.75) is 52.7 Å². The number of nitrogens with one attached hydrogen (secondary N) is 1. The van der Waals surface area contributed by atoms with E-state index in [4.69, 9.17) is 4.52 Å². The molecule has 18 heavy (non-hydrogen) atoms. The Hall–Kier alpha value is -0.870. The molecule has 0 saturated carbocycles. The Labute approximate surface area is 110 Å². The molecule has 0 amide bonds. The highest BCUT2D eigenvalue weighted by molar-refractivity contribution is 5.05. The van der Waals surface area contributed by atoms with Crippen molar-refractivity contribution in [2.75, 3.05) is 13.1 Å². The van der Waals surface area contributed by atoms with Gasteiger partial charge < -0.3 is 9.84 Å². The van der Waals surface area contributed by atoms with Crippen molar-refractivity contribution in [3.8, 4) is 0 Å². The van der Waals surface area contributed by atoms with Crippen LogP contribution in [0.1, 0.15) is 45.6 Å². The van der Waals surface area contributed by atoms with Crippen molar-refractivity contribution in [3.05, 3.63) is 17.5 Å². The average Bonchev–Trinajstić information content (AvgIpc) is 2.85. The summed E-state index contributed by atoms with van der Waals surface area (Å²) >= 11 is 0. The minimum atomic E-state index is 0.115. The van der Waals surface area contributed by atoms with Gasteiger partial charge in [-0.15, -0.1) is 0 Å². The van der Waals surface area contributed by atoms with Crippen molar-refractivity contribution >= 4 is 0 Å². The molecular formula is C14H25N3O. The van der Waals surface area contributed by atoms with Gasteiger partial charge in [-0.1, -0.05) is 12.1 Å². The molecule has 4 heteroatoms. The molecule has 102 valence electrons. The molecule has 1 aliphatic rings. The fraction of sp³-hybridized carbons (Fsp3) is 0.786. The fourth-order valence-corrected chi connectivity index (χ4v) is 2.26. The highest BCUT2D eigenvalue weighted by atomic mass is 16.5. The Morgan fingerprint density at radius 1 is 1.50 bits per heavy atom. The monoisotopic (exact) mass is 251 g/mol. The molecule has 1 N–H and O–H groups in total. The van der Waals surface area contributed by atoms with E-state index in [1.54, 1.807) is 0 Å². The Kier molecular flexibility index (Phi) is 4.07. The third-order valence-corrected chi connectivity index (χ3v) is 3.30. The van der Waals surface area contributed by atoms with Gasteiger partial charge in [0.2, 0.25) is 0 Å². The fourth-order valence-electron chi connectivity index (χ4n) is 2.26. The Balaban J connectivity index is 1.82. The van der Waals surface area contributed by atoms with E-state index >= 15 is 0 Å². The first kappa shape index (κ1) is 13.6. The maximum Gasteiger partial charge on any atom is 0.151 e. The van der Waals surface area contributed by atoms with Crippen molar-refractivity contribution in [2.24, 2.45) is 5.92 Å². The zero-order valence-corrected chi connectivity index (χ0v) is 12.0. The van der Waals surface area contributed by atoms with Crippen LogP contribution >= 0.6 is 0 Å². The van der Waals surface area contributed by atoms with E-state index < -0.39 is 0 Å². The van der Waals surface area contributed by atoms with E-state index in [-0.39, 0.29) is 5.54 Å². The van der Waals surface area contributed by atoms with E-state index in [1.165, 1.54) is 19.5 Å². The Morgan fingerprint density at radius 3 is 2.89 bits per heavy atom. The van der Waals surface area contributed by atoms with E-state index in [1.807, 2.05) is 0 Å². The molecular weight excluding hydrogens is 226 g/mol. The van der Waals surface area contributed by atoms with E-state index in [0.29, 0.717) is 0 Å². The van der Waals surface area contributed by atoms with Gasteiger partial charge in [-0.25, -0.2) is 0 Å². The lowest BCUT2D eigenvalue weighted by molar-refractivity contribution is 0.266. The second kappa shape index (κ2) is 5.41. The smallest absolute Gasteiger partial charge is 0.151 e. The number of rotatable bonds is 4. The third-order valence-electron chi connectivity index (χ3n) is 3.30. The maximum absolute atomic E-state index is 5.40. The van der Waals surface area contributed by atoms with Gasteiger partial charge in [0.15, 0.2) is 5.76 Å². The van der Waals surface area contributed by atoms with Crippen LogP contribution in [0.15, 0.2) is 10.6 Å². The van der Waals surface area contributed by atoms with E-state index in [9.17, 15) is 0 Å². The largest absolute Gasteiger partial charge is 0.360 e. The van der Waals surface area contributed by atoms with Gasteiger partial charge in [0.05, 0.1) is 12.2 Å². The molecule has 1 unspecified atom stereocenters. The zero-order valence-electron chi connectivity index (χ0n) is 12.0. The van der Waals surface area contributed by atoms with Crippen molar-refractivity contribution in [1.82, 2.24) is 15.4 Å². The van der Waals surface area contributed by atoms with Crippen LogP contribution in [0.2, 0.25) is 0 Å². The first-order valence-corrected chi connectivity index (χ1v) is 6.84. The first-order valence-electron chi connectivity index (χ1n) is 6.84. The summed E-state index contributed by atoms with van der Waals surface area (Å²) in [6.07, 6.45) is 1.30. The van der Waals surface area contributed by atoms with Crippen LogP contribution in [-0.4, -0.2) is 28.7 Å². The minimum absolute atomic E-state index is 0.115. The normalized spacial score (nSPS) is 21.7. The number of aromatic nitrogens is 1. The highest BCUT2D eigenvalue weighted by Gasteiger charge is 2.20. The van der Waals surface area contributed by atoms with E-state index in [2.05, 4.69) is 49.1 Å². The lowest BCUT2D eigenvalue weighted by Gasteiger charge is -2.19. The Bertz CT molecular complexity index is 381. The predicted molar refractivity (Wildman–Crippen MR) is 72.2 cm³/mol. The average molecular weight is 251 g/mol.